The molecule has 0 bridgehead atoms. The largest absolute Gasteiger partial charge is 0.364 e. The smallest absolute Gasteiger partial charge is 0.257 e. The molecule has 110 valence electrons. The van der Waals surface area contributed by atoms with E-state index in [0.29, 0.717) is 13.1 Å². The van der Waals surface area contributed by atoms with Crippen LogP contribution in [0.25, 0.3) is 0 Å². The van der Waals surface area contributed by atoms with E-state index in [-0.39, 0.29) is 13.1 Å². The second-order valence-electron chi connectivity index (χ2n) is 4.30. The van der Waals surface area contributed by atoms with E-state index in [9.17, 15) is 22.4 Å². The third-order valence-electron chi connectivity index (χ3n) is 3.13. The van der Waals surface area contributed by atoms with Crippen molar-refractivity contribution >= 4 is 11.6 Å². The van der Waals surface area contributed by atoms with E-state index in [0.717, 1.165) is 7.05 Å². The minimum atomic E-state index is -1.68. The molecule has 8 heteroatoms. The van der Waals surface area contributed by atoms with Gasteiger partial charge in [0, 0.05) is 33.2 Å². The van der Waals surface area contributed by atoms with Gasteiger partial charge < -0.3 is 15.5 Å². The first-order valence-corrected chi connectivity index (χ1v) is 6.02. The zero-order chi connectivity index (χ0) is 14.9. The van der Waals surface area contributed by atoms with E-state index < -0.39 is 40.4 Å². The van der Waals surface area contributed by atoms with E-state index in [2.05, 4.69) is 5.32 Å². The van der Waals surface area contributed by atoms with Crippen molar-refractivity contribution in [2.45, 2.75) is 0 Å². The van der Waals surface area contributed by atoms with Gasteiger partial charge in [-0.2, -0.15) is 0 Å². The summed E-state index contributed by atoms with van der Waals surface area (Å²) in [7, 11) is 1.11. The second kappa shape index (κ2) is 5.66. The molecular weight excluding hydrogens is 278 g/mol. The van der Waals surface area contributed by atoms with Crippen LogP contribution in [0, 0.1) is 23.3 Å². The minimum absolute atomic E-state index is 0.214. The fourth-order valence-electron chi connectivity index (χ4n) is 2.11. The van der Waals surface area contributed by atoms with Crippen LogP contribution in [0.5, 0.6) is 0 Å². The molecule has 1 fully saturated rings. The number of anilines is 1. The first-order valence-electron chi connectivity index (χ1n) is 6.02. The highest BCUT2D eigenvalue weighted by molar-refractivity contribution is 5.95. The Labute approximate surface area is 112 Å². The monoisotopic (exact) mass is 291 g/mol. The fourth-order valence-corrected chi connectivity index (χ4v) is 2.11. The third-order valence-corrected chi connectivity index (χ3v) is 3.13. The topological polar surface area (TPSA) is 44.4 Å². The molecule has 0 radical (unpaired) electrons. The molecule has 1 heterocycles. The van der Waals surface area contributed by atoms with Crippen LogP contribution in [0.3, 0.4) is 0 Å². The minimum Gasteiger partial charge on any atom is -0.364 e. The average Bonchev–Trinajstić information content (AvgIpc) is 2.46. The molecule has 20 heavy (non-hydrogen) atoms. The summed E-state index contributed by atoms with van der Waals surface area (Å²) in [6.07, 6.45) is 0. The van der Waals surface area contributed by atoms with Crippen LogP contribution in [0.1, 0.15) is 10.4 Å². The molecule has 0 aromatic heterocycles. The van der Waals surface area contributed by atoms with Crippen molar-refractivity contribution < 1.29 is 22.4 Å². The first kappa shape index (κ1) is 14.6. The number of halogens is 4. The van der Waals surface area contributed by atoms with Crippen LogP contribution in [-0.4, -0.2) is 39.1 Å². The van der Waals surface area contributed by atoms with E-state index in [4.69, 9.17) is 0 Å². The Hall–Kier alpha value is -1.83. The zero-order valence-corrected chi connectivity index (χ0v) is 10.7. The molecule has 4 nitrogen and oxygen atoms in total. The number of piperazine rings is 1. The van der Waals surface area contributed by atoms with Gasteiger partial charge in [-0.3, -0.25) is 4.79 Å². The van der Waals surface area contributed by atoms with Gasteiger partial charge >= 0.3 is 0 Å². The molecule has 1 saturated heterocycles. The Bertz CT molecular complexity index is 515. The Morgan fingerprint density at radius 2 is 1.55 bits per heavy atom. The van der Waals surface area contributed by atoms with Crippen LogP contribution in [0.15, 0.2) is 0 Å². The van der Waals surface area contributed by atoms with Crippen molar-refractivity contribution in [1.29, 1.82) is 0 Å². The Kier molecular flexibility index (Phi) is 4.12. The van der Waals surface area contributed by atoms with Gasteiger partial charge in [0.25, 0.3) is 5.91 Å². The summed E-state index contributed by atoms with van der Waals surface area (Å²) in [6, 6.07) is 0. The Morgan fingerprint density at radius 1 is 1.05 bits per heavy atom. The SMILES string of the molecule is CNC(=O)c1c(F)c(F)c(N2CCNCC2)c(F)c1F. The maximum absolute atomic E-state index is 14.0. The molecular formula is C12H13F4N3O. The highest BCUT2D eigenvalue weighted by atomic mass is 19.2. The lowest BCUT2D eigenvalue weighted by molar-refractivity contribution is 0.0952. The Balaban J connectivity index is 2.57. The molecule has 0 spiro atoms. The van der Waals surface area contributed by atoms with E-state index in [1.54, 1.807) is 0 Å². The van der Waals surface area contributed by atoms with Crippen LogP contribution >= 0.6 is 0 Å². The molecule has 0 aliphatic carbocycles. The number of carbonyl (C=O) groups excluding carboxylic acids is 1. The van der Waals surface area contributed by atoms with Crippen LogP contribution in [-0.2, 0) is 0 Å². The molecule has 1 amide bonds. The lowest BCUT2D eigenvalue weighted by Crippen LogP contribution is -2.44. The van der Waals surface area contributed by atoms with Gasteiger partial charge in [0.2, 0.25) is 0 Å². The normalized spacial score (nSPS) is 15.3. The second-order valence-corrected chi connectivity index (χ2v) is 4.30. The van der Waals surface area contributed by atoms with E-state index >= 15 is 0 Å². The molecule has 1 aliphatic rings. The maximum atomic E-state index is 14.0. The number of hydrogen-bond acceptors (Lipinski definition) is 3. The quantitative estimate of drug-likeness (QED) is 0.631. The van der Waals surface area contributed by atoms with Crippen molar-refractivity contribution in [3.05, 3.63) is 28.8 Å². The highest BCUT2D eigenvalue weighted by Gasteiger charge is 2.31. The van der Waals surface area contributed by atoms with Gasteiger partial charge in [0.05, 0.1) is 0 Å². The van der Waals surface area contributed by atoms with Gasteiger partial charge in [-0.1, -0.05) is 0 Å². The van der Waals surface area contributed by atoms with E-state index in [1.165, 1.54) is 4.90 Å². The van der Waals surface area contributed by atoms with Crippen molar-refractivity contribution in [1.82, 2.24) is 10.6 Å². The lowest BCUT2D eigenvalue weighted by Gasteiger charge is -2.30. The van der Waals surface area contributed by atoms with Crippen LogP contribution in [0.2, 0.25) is 0 Å². The number of hydrogen-bond donors (Lipinski definition) is 2. The molecule has 0 saturated carbocycles. The molecule has 1 aromatic rings. The summed E-state index contributed by atoms with van der Waals surface area (Å²) in [5.74, 6) is -7.69. The summed E-state index contributed by atoms with van der Waals surface area (Å²) < 4.78 is 55.5. The van der Waals surface area contributed by atoms with Crippen LogP contribution in [0.4, 0.5) is 23.2 Å². The van der Waals surface area contributed by atoms with Crippen molar-refractivity contribution in [3.8, 4) is 0 Å². The van der Waals surface area contributed by atoms with Crippen LogP contribution < -0.4 is 15.5 Å². The number of nitrogens with zero attached hydrogens (tertiary/aromatic N) is 1. The molecule has 0 unspecified atom stereocenters. The first-order chi connectivity index (χ1) is 9.49. The predicted octanol–water partition coefficient (Wildman–Crippen LogP) is 1.01. The summed E-state index contributed by atoms with van der Waals surface area (Å²) in [6.45, 7) is 1.32. The molecule has 1 aromatic carbocycles. The fraction of sp³-hybridized carbons (Fsp3) is 0.417. The standard InChI is InChI=1S/C12H13F4N3O/c1-17-12(20)6-7(13)9(15)11(10(16)8(6)14)19-4-2-18-3-5-19/h18H,2-5H2,1H3,(H,17,20). The van der Waals surface area contributed by atoms with Gasteiger partial charge in [-0.25, -0.2) is 17.6 Å². The number of rotatable bonds is 2. The van der Waals surface area contributed by atoms with E-state index in [1.807, 2.05) is 5.32 Å². The number of benzene rings is 1. The number of carbonyl (C=O) groups is 1. The average molecular weight is 291 g/mol. The summed E-state index contributed by atoms with van der Waals surface area (Å²) >= 11 is 0. The Morgan fingerprint density at radius 3 is 2.00 bits per heavy atom. The molecule has 2 N–H and O–H groups in total. The van der Waals surface area contributed by atoms with Crippen molar-refractivity contribution in [2.24, 2.45) is 0 Å². The molecule has 2 rings (SSSR count). The summed E-state index contributed by atoms with van der Waals surface area (Å²) in [4.78, 5) is 12.5. The van der Waals surface area contributed by atoms with Gasteiger partial charge in [0.15, 0.2) is 23.3 Å². The van der Waals surface area contributed by atoms with Gasteiger partial charge in [-0.05, 0) is 0 Å². The lowest BCUT2D eigenvalue weighted by atomic mass is 10.1. The number of nitrogens with one attached hydrogen (secondary N) is 2. The van der Waals surface area contributed by atoms with Crippen molar-refractivity contribution in [3.63, 3.8) is 0 Å². The number of amides is 1. The van der Waals surface area contributed by atoms with Gasteiger partial charge in [0.1, 0.15) is 11.3 Å². The summed E-state index contributed by atoms with van der Waals surface area (Å²) in [5.41, 5.74) is -2.02. The third kappa shape index (κ3) is 2.31. The molecule has 0 atom stereocenters. The summed E-state index contributed by atoms with van der Waals surface area (Å²) in [5, 5.41) is 4.89. The van der Waals surface area contributed by atoms with Gasteiger partial charge in [-0.15, -0.1) is 0 Å². The maximum Gasteiger partial charge on any atom is 0.257 e. The highest BCUT2D eigenvalue weighted by Crippen LogP contribution is 2.31. The van der Waals surface area contributed by atoms with Crippen molar-refractivity contribution in [2.75, 3.05) is 38.1 Å². The zero-order valence-electron chi connectivity index (χ0n) is 10.7. The molecule has 1 aliphatic heterocycles. The predicted molar refractivity (Wildman–Crippen MR) is 64.7 cm³/mol.